The van der Waals surface area contributed by atoms with Gasteiger partial charge in [-0.2, -0.15) is 0 Å². The lowest BCUT2D eigenvalue weighted by Gasteiger charge is -2.26. The molecule has 1 fully saturated rings. The minimum atomic E-state index is -3.24. The third-order valence-corrected chi connectivity index (χ3v) is 6.49. The van der Waals surface area contributed by atoms with Crippen LogP contribution in [-0.4, -0.2) is 48.7 Å². The normalized spacial score (nSPS) is 25.3. The predicted octanol–water partition coefficient (Wildman–Crippen LogP) is 1.63. The maximum atomic E-state index is 14.2. The number of thioether (sulfide) groups is 1. The molecule has 2 atom stereocenters. The van der Waals surface area contributed by atoms with E-state index in [4.69, 9.17) is 0 Å². The summed E-state index contributed by atoms with van der Waals surface area (Å²) in [5, 5.41) is 0.399. The van der Waals surface area contributed by atoms with Crippen LogP contribution in [0, 0.1) is 11.6 Å². The number of sulfone groups is 1. The van der Waals surface area contributed by atoms with Crippen LogP contribution in [0.2, 0.25) is 0 Å². The first kappa shape index (κ1) is 16.4. The van der Waals surface area contributed by atoms with Crippen molar-refractivity contribution in [3.63, 3.8) is 0 Å². The van der Waals surface area contributed by atoms with E-state index in [-0.39, 0.29) is 28.7 Å². The van der Waals surface area contributed by atoms with Gasteiger partial charge in [-0.05, 0) is 19.1 Å². The minimum absolute atomic E-state index is 0.0677. The number of hydrogen-bond acceptors (Lipinski definition) is 6. The lowest BCUT2D eigenvalue weighted by molar-refractivity contribution is -0.114. The fourth-order valence-electron chi connectivity index (χ4n) is 2.76. The minimum Gasteiger partial charge on any atom is -0.312 e. The van der Waals surface area contributed by atoms with Crippen LogP contribution in [-0.2, 0) is 14.6 Å². The fourth-order valence-corrected chi connectivity index (χ4v) is 5.52. The predicted molar refractivity (Wildman–Crippen MR) is 85.6 cm³/mol. The molecule has 2 aliphatic rings. The number of hydrogen-bond donors (Lipinski definition) is 0. The third kappa shape index (κ3) is 3.25. The van der Waals surface area contributed by atoms with Gasteiger partial charge in [-0.1, -0.05) is 11.8 Å². The number of benzene rings is 1. The molecule has 124 valence electrons. The second-order valence-corrected chi connectivity index (χ2v) is 8.68. The first-order chi connectivity index (χ1) is 10.8. The Morgan fingerprint density at radius 2 is 2.13 bits per heavy atom. The van der Waals surface area contributed by atoms with Crippen LogP contribution >= 0.6 is 11.8 Å². The Morgan fingerprint density at radius 3 is 2.78 bits per heavy atom. The van der Waals surface area contributed by atoms with Crippen LogP contribution in [0.3, 0.4) is 0 Å². The summed E-state index contributed by atoms with van der Waals surface area (Å²) in [5.41, 5.74) is 0.0748. The van der Waals surface area contributed by atoms with Gasteiger partial charge in [-0.15, -0.1) is 0 Å². The number of carbonyl (C=O) groups is 1. The zero-order valence-electron chi connectivity index (χ0n) is 12.2. The molecule has 5 nitrogen and oxygen atoms in total. The number of fused-ring (bicyclic) bond motifs is 1. The van der Waals surface area contributed by atoms with Crippen molar-refractivity contribution >= 4 is 38.2 Å². The van der Waals surface area contributed by atoms with E-state index in [9.17, 15) is 22.0 Å². The summed E-state index contributed by atoms with van der Waals surface area (Å²) in [4.78, 5) is 17.0. The fraction of sp³-hybridized carbons (Fsp3) is 0.429. The van der Waals surface area contributed by atoms with E-state index in [0.717, 1.165) is 23.9 Å². The second-order valence-electron chi connectivity index (χ2n) is 5.58. The molecule has 3 rings (SSSR count). The molecule has 9 heteroatoms. The molecule has 0 bridgehead atoms. The van der Waals surface area contributed by atoms with E-state index in [1.165, 1.54) is 17.9 Å². The van der Waals surface area contributed by atoms with E-state index in [2.05, 4.69) is 4.99 Å². The van der Waals surface area contributed by atoms with Gasteiger partial charge in [-0.25, -0.2) is 17.2 Å². The van der Waals surface area contributed by atoms with Gasteiger partial charge in [0.15, 0.2) is 15.0 Å². The van der Waals surface area contributed by atoms with E-state index in [1.807, 2.05) is 0 Å². The largest absolute Gasteiger partial charge is 0.312 e. The van der Waals surface area contributed by atoms with Gasteiger partial charge in [0.1, 0.15) is 17.4 Å². The van der Waals surface area contributed by atoms with Crippen LogP contribution in [0.1, 0.15) is 6.92 Å². The van der Waals surface area contributed by atoms with Crippen LogP contribution in [0.4, 0.5) is 14.5 Å². The van der Waals surface area contributed by atoms with Crippen molar-refractivity contribution in [2.75, 3.05) is 22.2 Å². The first-order valence-corrected chi connectivity index (χ1v) is 9.72. The number of rotatable bonds is 3. The molecule has 0 saturated carbocycles. The molecule has 23 heavy (non-hydrogen) atoms. The molecule has 0 N–H and O–H groups in total. The summed E-state index contributed by atoms with van der Waals surface area (Å²) < 4.78 is 50.9. The quantitative estimate of drug-likeness (QED) is 0.820. The van der Waals surface area contributed by atoms with Crippen LogP contribution in [0.5, 0.6) is 0 Å². The summed E-state index contributed by atoms with van der Waals surface area (Å²) in [6.07, 6.45) is 0. The summed E-state index contributed by atoms with van der Waals surface area (Å²) in [6, 6.07) is 2.12. The number of carbonyl (C=O) groups excluding carboxylic acids is 1. The molecule has 2 heterocycles. The average molecular weight is 360 g/mol. The molecular formula is C14H14F2N2O3S2. The number of anilines is 1. The van der Waals surface area contributed by atoms with Gasteiger partial charge >= 0.3 is 0 Å². The monoisotopic (exact) mass is 360 g/mol. The zero-order valence-corrected chi connectivity index (χ0v) is 13.8. The molecule has 0 radical (unpaired) electrons. The van der Waals surface area contributed by atoms with Gasteiger partial charge in [0, 0.05) is 6.07 Å². The molecule has 1 aromatic carbocycles. The molecule has 0 spiro atoms. The Bertz CT molecular complexity index is 795. The van der Waals surface area contributed by atoms with Crippen LogP contribution in [0.15, 0.2) is 23.2 Å². The maximum Gasteiger partial charge on any atom is 0.164 e. The summed E-state index contributed by atoms with van der Waals surface area (Å²) in [6.45, 7) is 1.43. The van der Waals surface area contributed by atoms with Crippen molar-refractivity contribution in [2.45, 2.75) is 19.0 Å². The molecule has 2 aliphatic heterocycles. The van der Waals surface area contributed by atoms with E-state index < -0.39 is 33.6 Å². The molecular weight excluding hydrogens is 346 g/mol. The van der Waals surface area contributed by atoms with Gasteiger partial charge in [0.25, 0.3) is 0 Å². The van der Waals surface area contributed by atoms with Crippen molar-refractivity contribution < 1.29 is 22.0 Å². The molecule has 0 aromatic heterocycles. The summed E-state index contributed by atoms with van der Waals surface area (Å²) in [7, 11) is -3.24. The Balaban J connectivity index is 1.98. The first-order valence-electron chi connectivity index (χ1n) is 6.91. The summed E-state index contributed by atoms with van der Waals surface area (Å²) >= 11 is 1.14. The molecule has 0 amide bonds. The molecule has 1 aromatic rings. The smallest absolute Gasteiger partial charge is 0.164 e. The number of aliphatic imine (C=N–C) groups is 1. The SMILES string of the molecule is CC(=O)CSC1=NC2CS(=O)(=O)CC2N1c1ccc(F)cc1F. The highest BCUT2D eigenvalue weighted by molar-refractivity contribution is 8.14. The lowest BCUT2D eigenvalue weighted by atomic mass is 10.1. The topological polar surface area (TPSA) is 66.8 Å². The van der Waals surface area contributed by atoms with Gasteiger partial charge in [0.05, 0.1) is 35.0 Å². The number of Topliss-reactive ketones (excluding diaryl/α,β-unsaturated/α-hetero) is 1. The van der Waals surface area contributed by atoms with Gasteiger partial charge in [-0.3, -0.25) is 9.79 Å². The highest BCUT2D eigenvalue weighted by Crippen LogP contribution is 2.36. The highest BCUT2D eigenvalue weighted by atomic mass is 32.2. The van der Waals surface area contributed by atoms with Crippen molar-refractivity contribution in [1.29, 1.82) is 0 Å². The third-order valence-electron chi connectivity index (χ3n) is 3.68. The van der Waals surface area contributed by atoms with E-state index >= 15 is 0 Å². The standard InChI is InChI=1S/C14H14F2N2O3S2/c1-8(19)5-22-14-17-11-6-23(20,21)7-13(11)18(14)12-3-2-9(15)4-10(12)16/h2-4,11,13H,5-7H2,1H3. The number of halogens is 2. The number of nitrogens with zero attached hydrogens (tertiary/aromatic N) is 2. The van der Waals surface area contributed by atoms with E-state index in [0.29, 0.717) is 5.17 Å². The van der Waals surface area contributed by atoms with Crippen molar-refractivity contribution in [2.24, 2.45) is 4.99 Å². The molecule has 0 aliphatic carbocycles. The Morgan fingerprint density at radius 1 is 1.39 bits per heavy atom. The second kappa shape index (κ2) is 5.86. The summed E-state index contributed by atoms with van der Waals surface area (Å²) in [5.74, 6) is -1.64. The van der Waals surface area contributed by atoms with Crippen LogP contribution < -0.4 is 4.90 Å². The highest BCUT2D eigenvalue weighted by Gasteiger charge is 2.47. The van der Waals surface area contributed by atoms with Crippen LogP contribution in [0.25, 0.3) is 0 Å². The lowest BCUT2D eigenvalue weighted by Crippen LogP contribution is -2.39. The Hall–Kier alpha value is -1.48. The molecule has 1 saturated heterocycles. The maximum absolute atomic E-state index is 14.2. The average Bonchev–Trinajstić information content (AvgIpc) is 2.88. The number of ketones is 1. The van der Waals surface area contributed by atoms with E-state index in [1.54, 1.807) is 0 Å². The van der Waals surface area contributed by atoms with Crippen molar-refractivity contribution in [3.05, 3.63) is 29.8 Å². The van der Waals surface area contributed by atoms with Crippen molar-refractivity contribution in [3.8, 4) is 0 Å². The Labute approximate surface area is 136 Å². The molecule has 2 unspecified atom stereocenters. The van der Waals surface area contributed by atoms with Crippen molar-refractivity contribution in [1.82, 2.24) is 0 Å². The van der Waals surface area contributed by atoms with Gasteiger partial charge in [0.2, 0.25) is 0 Å². The zero-order chi connectivity index (χ0) is 16.8. The number of amidine groups is 1. The Kier molecular flexibility index (Phi) is 4.18. The van der Waals surface area contributed by atoms with Gasteiger partial charge < -0.3 is 4.90 Å².